The van der Waals surface area contributed by atoms with Crippen LogP contribution in [0.5, 0.6) is 11.5 Å². The highest BCUT2D eigenvalue weighted by Gasteiger charge is 2.13. The molecule has 0 aliphatic rings. The fourth-order valence-corrected chi connectivity index (χ4v) is 3.53. The molecule has 0 fully saturated rings. The van der Waals surface area contributed by atoms with Gasteiger partial charge in [-0.1, -0.05) is 74.5 Å². The van der Waals surface area contributed by atoms with Gasteiger partial charge >= 0.3 is 0 Å². The van der Waals surface area contributed by atoms with Crippen LogP contribution in [0.15, 0.2) is 78.9 Å². The normalized spacial score (nSPS) is 10.8. The minimum atomic E-state index is -0.110. The topological polar surface area (TPSA) is 50.8 Å². The zero-order valence-electron chi connectivity index (χ0n) is 19.6. The molecule has 0 unspecified atom stereocenters. The van der Waals surface area contributed by atoms with Gasteiger partial charge in [0.2, 0.25) is 0 Å². The van der Waals surface area contributed by atoms with Crippen molar-refractivity contribution in [1.82, 2.24) is 10.2 Å². The maximum atomic E-state index is 12.8. The lowest BCUT2D eigenvalue weighted by atomic mass is 10.1. The Kier molecular flexibility index (Phi) is 9.80. The Morgan fingerprint density at radius 2 is 1.39 bits per heavy atom. The summed E-state index contributed by atoms with van der Waals surface area (Å²) in [6, 6.07) is 25.3. The Balaban J connectivity index is 1.68. The summed E-state index contributed by atoms with van der Waals surface area (Å²) >= 11 is 0. The van der Waals surface area contributed by atoms with Gasteiger partial charge in [0, 0.05) is 18.7 Å². The number of hydrogen-bond donors (Lipinski definition) is 1. The molecule has 0 aromatic heterocycles. The molecule has 0 aliphatic heterocycles. The van der Waals surface area contributed by atoms with Gasteiger partial charge in [0.05, 0.1) is 0 Å². The molecule has 1 amide bonds. The van der Waals surface area contributed by atoms with Crippen LogP contribution in [-0.4, -0.2) is 37.0 Å². The number of nitrogens with zero attached hydrogens (tertiary/aromatic N) is 1. The van der Waals surface area contributed by atoms with E-state index in [0.29, 0.717) is 36.8 Å². The highest BCUT2D eigenvalue weighted by Crippen LogP contribution is 2.30. The molecule has 0 saturated carbocycles. The first-order valence-corrected chi connectivity index (χ1v) is 11.7. The molecular formula is C28H34N2O3. The summed E-state index contributed by atoms with van der Waals surface area (Å²) in [5.41, 5.74) is 2.68. The van der Waals surface area contributed by atoms with Crippen molar-refractivity contribution in [3.63, 3.8) is 0 Å². The molecule has 0 spiro atoms. The summed E-state index contributed by atoms with van der Waals surface area (Å²) in [7, 11) is 0. The van der Waals surface area contributed by atoms with Gasteiger partial charge in [-0.2, -0.15) is 0 Å². The third kappa shape index (κ3) is 7.95. The second-order valence-electron chi connectivity index (χ2n) is 7.90. The maximum Gasteiger partial charge on any atom is 0.251 e. The van der Waals surface area contributed by atoms with E-state index in [4.69, 9.17) is 9.47 Å². The Labute approximate surface area is 197 Å². The van der Waals surface area contributed by atoms with Crippen molar-refractivity contribution < 1.29 is 14.3 Å². The number of amides is 1. The van der Waals surface area contributed by atoms with E-state index >= 15 is 0 Å². The highest BCUT2D eigenvalue weighted by atomic mass is 16.5. The van der Waals surface area contributed by atoms with Gasteiger partial charge in [-0.25, -0.2) is 0 Å². The van der Waals surface area contributed by atoms with Gasteiger partial charge in [0.1, 0.15) is 13.2 Å². The number of carbonyl (C=O) groups excluding carboxylic acids is 1. The summed E-state index contributed by atoms with van der Waals surface area (Å²) in [4.78, 5) is 15.1. The molecule has 0 aliphatic carbocycles. The largest absolute Gasteiger partial charge is 0.485 e. The lowest BCUT2D eigenvalue weighted by Crippen LogP contribution is -2.35. The second-order valence-corrected chi connectivity index (χ2v) is 7.90. The molecule has 3 aromatic rings. The molecule has 0 saturated heterocycles. The predicted octanol–water partition coefficient (Wildman–Crippen LogP) is 5.31. The Morgan fingerprint density at radius 1 is 0.788 bits per heavy atom. The molecule has 5 nitrogen and oxygen atoms in total. The van der Waals surface area contributed by atoms with Crippen molar-refractivity contribution in [2.75, 3.05) is 26.2 Å². The average Bonchev–Trinajstić information content (AvgIpc) is 2.87. The molecule has 1 N–H and O–H groups in total. The van der Waals surface area contributed by atoms with E-state index in [1.807, 2.05) is 66.7 Å². The number of likely N-dealkylation sites (N-methyl/N-ethyl adjacent to an activating group) is 1. The number of ether oxygens (including phenoxy) is 2. The molecule has 33 heavy (non-hydrogen) atoms. The highest BCUT2D eigenvalue weighted by molar-refractivity contribution is 5.94. The third-order valence-corrected chi connectivity index (χ3v) is 5.38. The van der Waals surface area contributed by atoms with E-state index in [2.05, 4.69) is 24.1 Å². The smallest absolute Gasteiger partial charge is 0.251 e. The fraction of sp³-hybridized carbons (Fsp3) is 0.321. The van der Waals surface area contributed by atoms with Crippen LogP contribution < -0.4 is 14.8 Å². The molecule has 0 radical (unpaired) electrons. The van der Waals surface area contributed by atoms with Gasteiger partial charge in [0.15, 0.2) is 11.5 Å². The van der Waals surface area contributed by atoms with E-state index in [1.54, 1.807) is 12.1 Å². The van der Waals surface area contributed by atoms with Crippen molar-refractivity contribution in [3.05, 3.63) is 95.6 Å². The molecule has 3 aromatic carbocycles. The fourth-order valence-electron chi connectivity index (χ4n) is 3.53. The monoisotopic (exact) mass is 446 g/mol. The minimum absolute atomic E-state index is 0.110. The summed E-state index contributed by atoms with van der Waals surface area (Å²) in [5.74, 6) is 1.07. The van der Waals surface area contributed by atoms with Gasteiger partial charge in [-0.05, 0) is 48.8 Å². The first-order chi connectivity index (χ1) is 16.2. The molecule has 3 rings (SSSR count). The molecule has 5 heteroatoms. The number of hydrogen-bond acceptors (Lipinski definition) is 4. The Bertz CT molecular complexity index is 977. The lowest BCUT2D eigenvalue weighted by Gasteiger charge is -2.19. The molecule has 174 valence electrons. The SMILES string of the molecule is CCCN(CC)CCNC(=O)c1ccc(OCc2ccccc2)c(OCc2ccccc2)c1. The second kappa shape index (κ2) is 13.3. The molecular weight excluding hydrogens is 412 g/mol. The number of nitrogens with one attached hydrogen (secondary N) is 1. The Hall–Kier alpha value is -3.31. The van der Waals surface area contributed by atoms with Crippen LogP contribution in [0.1, 0.15) is 41.8 Å². The molecule has 0 atom stereocenters. The molecule has 0 heterocycles. The number of benzene rings is 3. The molecule has 0 bridgehead atoms. The van der Waals surface area contributed by atoms with Crippen LogP contribution in [0.25, 0.3) is 0 Å². The van der Waals surface area contributed by atoms with E-state index in [-0.39, 0.29) is 5.91 Å². The third-order valence-electron chi connectivity index (χ3n) is 5.38. The summed E-state index contributed by atoms with van der Waals surface area (Å²) in [6.07, 6.45) is 1.11. The summed E-state index contributed by atoms with van der Waals surface area (Å²) in [6.45, 7) is 8.60. The van der Waals surface area contributed by atoms with Crippen LogP contribution in [0.4, 0.5) is 0 Å². The van der Waals surface area contributed by atoms with Gasteiger partial charge < -0.3 is 19.7 Å². The van der Waals surface area contributed by atoms with E-state index in [0.717, 1.165) is 37.2 Å². The number of carbonyl (C=O) groups is 1. The van der Waals surface area contributed by atoms with Crippen LogP contribution in [0.2, 0.25) is 0 Å². The van der Waals surface area contributed by atoms with Gasteiger partial charge in [0.25, 0.3) is 5.91 Å². The van der Waals surface area contributed by atoms with E-state index in [1.165, 1.54) is 0 Å². The van der Waals surface area contributed by atoms with Crippen molar-refractivity contribution in [2.24, 2.45) is 0 Å². The zero-order valence-corrected chi connectivity index (χ0v) is 19.6. The van der Waals surface area contributed by atoms with E-state index in [9.17, 15) is 4.79 Å². The van der Waals surface area contributed by atoms with Crippen molar-refractivity contribution >= 4 is 5.91 Å². The first kappa shape index (κ1) is 24.3. The lowest BCUT2D eigenvalue weighted by molar-refractivity contribution is 0.0948. The standard InChI is InChI=1S/C28H34N2O3/c1-3-18-30(4-2)19-17-29-28(31)25-15-16-26(32-21-23-11-7-5-8-12-23)27(20-25)33-22-24-13-9-6-10-14-24/h5-16,20H,3-4,17-19,21-22H2,1-2H3,(H,29,31). The summed E-state index contributed by atoms with van der Waals surface area (Å²) in [5, 5.41) is 3.02. The van der Waals surface area contributed by atoms with Gasteiger partial charge in [-0.15, -0.1) is 0 Å². The quantitative estimate of drug-likeness (QED) is 0.387. The van der Waals surface area contributed by atoms with Crippen LogP contribution >= 0.6 is 0 Å². The number of rotatable bonds is 13. The summed E-state index contributed by atoms with van der Waals surface area (Å²) < 4.78 is 12.1. The van der Waals surface area contributed by atoms with E-state index < -0.39 is 0 Å². The first-order valence-electron chi connectivity index (χ1n) is 11.7. The predicted molar refractivity (Wildman–Crippen MR) is 133 cm³/mol. The average molecular weight is 447 g/mol. The van der Waals surface area contributed by atoms with Crippen LogP contribution in [-0.2, 0) is 13.2 Å². The van der Waals surface area contributed by atoms with Crippen molar-refractivity contribution in [1.29, 1.82) is 0 Å². The minimum Gasteiger partial charge on any atom is -0.485 e. The van der Waals surface area contributed by atoms with Crippen molar-refractivity contribution in [3.8, 4) is 11.5 Å². The zero-order chi connectivity index (χ0) is 23.3. The van der Waals surface area contributed by atoms with Crippen molar-refractivity contribution in [2.45, 2.75) is 33.5 Å². The van der Waals surface area contributed by atoms with Gasteiger partial charge in [-0.3, -0.25) is 4.79 Å². The van der Waals surface area contributed by atoms with Crippen LogP contribution in [0, 0.1) is 0 Å². The Morgan fingerprint density at radius 3 is 1.97 bits per heavy atom. The van der Waals surface area contributed by atoms with Crippen LogP contribution in [0.3, 0.4) is 0 Å². The maximum absolute atomic E-state index is 12.8.